The number of carbonyl (C=O) groups is 1. The van der Waals surface area contributed by atoms with Crippen LogP contribution in [0.5, 0.6) is 5.75 Å². The van der Waals surface area contributed by atoms with E-state index in [9.17, 15) is 18.0 Å². The summed E-state index contributed by atoms with van der Waals surface area (Å²) in [7, 11) is 1.36. The van der Waals surface area contributed by atoms with Crippen molar-refractivity contribution in [3.63, 3.8) is 0 Å². The zero-order chi connectivity index (χ0) is 21.1. The highest BCUT2D eigenvalue weighted by Crippen LogP contribution is 2.38. The van der Waals surface area contributed by atoms with E-state index in [1.54, 1.807) is 13.8 Å². The van der Waals surface area contributed by atoms with Crippen LogP contribution in [0.25, 0.3) is 11.3 Å². The summed E-state index contributed by atoms with van der Waals surface area (Å²) in [4.78, 5) is 16.1. The van der Waals surface area contributed by atoms with E-state index in [0.717, 1.165) is 6.92 Å². The van der Waals surface area contributed by atoms with Gasteiger partial charge in [0, 0.05) is 18.8 Å². The van der Waals surface area contributed by atoms with Crippen molar-refractivity contribution in [2.75, 3.05) is 19.0 Å². The molecule has 2 rings (SSSR count). The van der Waals surface area contributed by atoms with Crippen LogP contribution in [0, 0.1) is 0 Å². The fourth-order valence-electron chi connectivity index (χ4n) is 2.42. The van der Waals surface area contributed by atoms with E-state index in [-0.39, 0.29) is 28.9 Å². The topological polar surface area (TPSA) is 78.3 Å². The van der Waals surface area contributed by atoms with Gasteiger partial charge in [-0.2, -0.15) is 18.3 Å². The lowest BCUT2D eigenvalue weighted by Gasteiger charge is -2.19. The second-order valence-corrected chi connectivity index (χ2v) is 6.10. The molecule has 0 unspecified atom stereocenters. The fraction of sp³-hybridized carbons (Fsp3) is 0.471. The molecule has 0 saturated carbocycles. The zero-order valence-electron chi connectivity index (χ0n) is 15.7. The van der Waals surface area contributed by atoms with E-state index >= 15 is 0 Å². The van der Waals surface area contributed by atoms with E-state index in [4.69, 9.17) is 21.1 Å². The number of methoxy groups -OCH3 is 1. The molecule has 2 aromatic heterocycles. The van der Waals surface area contributed by atoms with E-state index < -0.39 is 18.2 Å². The first-order chi connectivity index (χ1) is 13.1. The molecule has 7 nitrogen and oxygen atoms in total. The fourth-order valence-corrected chi connectivity index (χ4v) is 2.74. The number of nitrogens with one attached hydrogen (secondary N) is 1. The molecule has 0 spiro atoms. The molecule has 0 fully saturated rings. The molecule has 2 heterocycles. The van der Waals surface area contributed by atoms with Gasteiger partial charge in [-0.1, -0.05) is 11.6 Å². The summed E-state index contributed by atoms with van der Waals surface area (Å²) in [5.74, 6) is -0.473. The van der Waals surface area contributed by atoms with Crippen LogP contribution < -0.4 is 10.1 Å². The first kappa shape index (κ1) is 21.8. The number of aryl methyl sites for hydroxylation is 1. The lowest BCUT2D eigenvalue weighted by Crippen LogP contribution is -2.33. The Morgan fingerprint density at radius 2 is 2.07 bits per heavy atom. The van der Waals surface area contributed by atoms with Crippen molar-refractivity contribution in [2.24, 2.45) is 0 Å². The smallest absolute Gasteiger partial charge is 0.408 e. The Kier molecular flexibility index (Phi) is 6.76. The molecule has 1 atom stereocenters. The Bertz CT molecular complexity index is 855. The summed E-state index contributed by atoms with van der Waals surface area (Å²) in [6.45, 7) is 4.97. The van der Waals surface area contributed by atoms with Gasteiger partial charge in [-0.15, -0.1) is 0 Å². The number of pyridine rings is 1. The van der Waals surface area contributed by atoms with Crippen LogP contribution in [0.1, 0.15) is 31.3 Å². The van der Waals surface area contributed by atoms with Gasteiger partial charge < -0.3 is 14.8 Å². The number of nitrogens with zero attached hydrogens (tertiary/aromatic N) is 3. The van der Waals surface area contributed by atoms with Crippen LogP contribution in [0.15, 0.2) is 12.3 Å². The number of alkyl halides is 3. The summed E-state index contributed by atoms with van der Waals surface area (Å²) < 4.78 is 50.0. The van der Waals surface area contributed by atoms with Crippen LogP contribution in [0.3, 0.4) is 0 Å². The number of rotatable bonds is 7. The Morgan fingerprint density at radius 1 is 1.39 bits per heavy atom. The van der Waals surface area contributed by atoms with Gasteiger partial charge in [0.15, 0.2) is 5.69 Å². The summed E-state index contributed by atoms with van der Waals surface area (Å²) in [5.41, 5.74) is 0.671. The molecule has 0 bridgehead atoms. The number of carbonyl (C=O) groups excluding carboxylic acids is 1. The standard InChI is InChI=1S/C17H20ClF3N4O3/c1-5-25-15(13(18)14(24-25)16(26)28-6-2)10-8-22-12(7-11(10)27-4)23-9(3)17(19,20)21/h7-9H,5-6H2,1-4H3,(H,22,23)/t9-/m1/s1. The Labute approximate surface area is 164 Å². The van der Waals surface area contributed by atoms with Crippen molar-refractivity contribution < 1.29 is 27.4 Å². The summed E-state index contributed by atoms with van der Waals surface area (Å²) in [6, 6.07) is -0.471. The molecule has 0 aromatic carbocycles. The van der Waals surface area contributed by atoms with Gasteiger partial charge >= 0.3 is 12.1 Å². The zero-order valence-corrected chi connectivity index (χ0v) is 16.5. The summed E-state index contributed by atoms with van der Waals surface area (Å²) in [5, 5.41) is 6.48. The average molecular weight is 421 g/mol. The second-order valence-electron chi connectivity index (χ2n) is 5.72. The Morgan fingerprint density at radius 3 is 2.61 bits per heavy atom. The van der Waals surface area contributed by atoms with Gasteiger partial charge in [0.05, 0.1) is 25.0 Å². The van der Waals surface area contributed by atoms with E-state index in [2.05, 4.69) is 15.4 Å². The maximum atomic E-state index is 12.8. The van der Waals surface area contributed by atoms with Gasteiger partial charge in [0.2, 0.25) is 0 Å². The monoisotopic (exact) mass is 420 g/mol. The number of ether oxygens (including phenoxy) is 2. The minimum Gasteiger partial charge on any atom is -0.496 e. The molecule has 0 aliphatic carbocycles. The van der Waals surface area contributed by atoms with E-state index in [1.165, 1.54) is 24.1 Å². The highest BCUT2D eigenvalue weighted by Gasteiger charge is 2.36. The quantitative estimate of drug-likeness (QED) is 0.677. The molecule has 0 saturated heterocycles. The average Bonchev–Trinajstić information content (AvgIpc) is 2.97. The lowest BCUT2D eigenvalue weighted by atomic mass is 10.1. The lowest BCUT2D eigenvalue weighted by molar-refractivity contribution is -0.138. The molecule has 0 aliphatic heterocycles. The third-order valence-electron chi connectivity index (χ3n) is 3.86. The third kappa shape index (κ3) is 4.49. The predicted molar refractivity (Wildman–Crippen MR) is 97.8 cm³/mol. The van der Waals surface area contributed by atoms with Gasteiger partial charge in [0.25, 0.3) is 0 Å². The summed E-state index contributed by atoms with van der Waals surface area (Å²) >= 11 is 6.35. The molecular formula is C17H20ClF3N4O3. The Balaban J connectivity index is 2.49. The van der Waals surface area contributed by atoms with Gasteiger partial charge in [-0.05, 0) is 20.8 Å². The first-order valence-corrected chi connectivity index (χ1v) is 8.82. The van der Waals surface area contributed by atoms with E-state index in [1.807, 2.05) is 0 Å². The minimum absolute atomic E-state index is 0.0188. The van der Waals surface area contributed by atoms with Gasteiger partial charge in [0.1, 0.15) is 22.6 Å². The van der Waals surface area contributed by atoms with Crippen LogP contribution in [0.4, 0.5) is 19.0 Å². The number of esters is 1. The number of halogens is 4. The molecular weight excluding hydrogens is 401 g/mol. The van der Waals surface area contributed by atoms with E-state index in [0.29, 0.717) is 17.8 Å². The predicted octanol–water partition coefficient (Wildman–Crippen LogP) is 4.17. The van der Waals surface area contributed by atoms with Crippen LogP contribution in [-0.2, 0) is 11.3 Å². The molecule has 0 radical (unpaired) electrons. The number of aromatic nitrogens is 3. The highest BCUT2D eigenvalue weighted by molar-refractivity contribution is 6.36. The molecule has 28 heavy (non-hydrogen) atoms. The maximum absolute atomic E-state index is 12.8. The SMILES string of the molecule is CCOC(=O)c1nn(CC)c(-c2cnc(N[C@H](C)C(F)(F)F)cc2OC)c1Cl. The van der Waals surface area contributed by atoms with Crippen molar-refractivity contribution in [1.29, 1.82) is 0 Å². The second kappa shape index (κ2) is 8.68. The van der Waals surface area contributed by atoms with Crippen LogP contribution in [-0.4, -0.2) is 46.7 Å². The molecule has 11 heteroatoms. The van der Waals surface area contributed by atoms with Gasteiger partial charge in [-0.3, -0.25) is 4.68 Å². The molecule has 1 N–H and O–H groups in total. The van der Waals surface area contributed by atoms with Crippen LogP contribution >= 0.6 is 11.6 Å². The molecule has 2 aromatic rings. The first-order valence-electron chi connectivity index (χ1n) is 8.45. The molecule has 154 valence electrons. The van der Waals surface area contributed by atoms with Crippen molar-refractivity contribution in [2.45, 2.75) is 39.5 Å². The molecule has 0 amide bonds. The van der Waals surface area contributed by atoms with Crippen molar-refractivity contribution in [1.82, 2.24) is 14.8 Å². The minimum atomic E-state index is -4.42. The number of hydrogen-bond donors (Lipinski definition) is 1. The number of hydrogen-bond acceptors (Lipinski definition) is 6. The maximum Gasteiger partial charge on any atom is 0.408 e. The highest BCUT2D eigenvalue weighted by atomic mass is 35.5. The Hall–Kier alpha value is -2.49. The molecule has 0 aliphatic rings. The van der Waals surface area contributed by atoms with Gasteiger partial charge in [-0.25, -0.2) is 9.78 Å². The van der Waals surface area contributed by atoms with Crippen molar-refractivity contribution in [3.8, 4) is 17.0 Å². The largest absolute Gasteiger partial charge is 0.496 e. The third-order valence-corrected chi connectivity index (χ3v) is 4.22. The normalized spacial score (nSPS) is 12.6. The number of anilines is 1. The summed E-state index contributed by atoms with van der Waals surface area (Å²) in [6.07, 6.45) is -3.11. The van der Waals surface area contributed by atoms with Crippen molar-refractivity contribution >= 4 is 23.4 Å². The van der Waals surface area contributed by atoms with Crippen LogP contribution in [0.2, 0.25) is 5.02 Å². The van der Waals surface area contributed by atoms with Crippen molar-refractivity contribution in [3.05, 3.63) is 23.0 Å².